The Morgan fingerprint density at radius 2 is 1.94 bits per heavy atom. The van der Waals surface area contributed by atoms with E-state index >= 15 is 0 Å². The van der Waals surface area contributed by atoms with E-state index in [1.54, 1.807) is 18.2 Å². The summed E-state index contributed by atoms with van der Waals surface area (Å²) in [4.78, 5) is 0.316. The maximum atomic E-state index is 12.2. The topological polar surface area (TPSA) is 58.2 Å². The zero-order valence-electron chi connectivity index (χ0n) is 11.4. The van der Waals surface area contributed by atoms with Gasteiger partial charge >= 0.3 is 0 Å². The quantitative estimate of drug-likeness (QED) is 0.829. The highest BCUT2D eigenvalue weighted by molar-refractivity contribution is 7.89. The van der Waals surface area contributed by atoms with Crippen LogP contribution in [0, 0.1) is 0 Å². The van der Waals surface area contributed by atoms with Crippen LogP contribution < -0.4 is 10.0 Å². The average molecular weight is 270 g/mol. The van der Waals surface area contributed by atoms with Crippen LogP contribution in [0.3, 0.4) is 0 Å². The van der Waals surface area contributed by atoms with E-state index in [0.717, 1.165) is 12.0 Å². The van der Waals surface area contributed by atoms with Crippen molar-refractivity contribution in [2.24, 2.45) is 0 Å². The van der Waals surface area contributed by atoms with Gasteiger partial charge in [0.1, 0.15) is 0 Å². The molecule has 0 heterocycles. The van der Waals surface area contributed by atoms with Gasteiger partial charge in [-0.1, -0.05) is 19.1 Å². The Morgan fingerprint density at radius 3 is 2.50 bits per heavy atom. The van der Waals surface area contributed by atoms with Crippen LogP contribution in [0.1, 0.15) is 32.8 Å². The molecule has 4 nitrogen and oxygen atoms in total. The van der Waals surface area contributed by atoms with E-state index in [1.165, 1.54) is 0 Å². The number of nitrogens with one attached hydrogen (secondary N) is 2. The number of sulfonamides is 1. The van der Waals surface area contributed by atoms with Crippen LogP contribution >= 0.6 is 0 Å². The SMILES string of the molecule is CCC(C)(C)NS(=O)(=O)c1cccc(CNC)c1. The van der Waals surface area contributed by atoms with Gasteiger partial charge in [-0.05, 0) is 45.0 Å². The third kappa shape index (κ3) is 4.08. The fourth-order valence-corrected chi connectivity index (χ4v) is 3.08. The summed E-state index contributed by atoms with van der Waals surface area (Å²) >= 11 is 0. The summed E-state index contributed by atoms with van der Waals surface area (Å²) in [6.45, 7) is 6.37. The smallest absolute Gasteiger partial charge is 0.241 e. The van der Waals surface area contributed by atoms with Gasteiger partial charge in [0.15, 0.2) is 0 Å². The molecular formula is C13H22N2O2S. The fourth-order valence-electron chi connectivity index (χ4n) is 1.52. The van der Waals surface area contributed by atoms with Crippen LogP contribution in [0.15, 0.2) is 29.2 Å². The zero-order valence-corrected chi connectivity index (χ0v) is 12.3. The van der Waals surface area contributed by atoms with Gasteiger partial charge in [-0.25, -0.2) is 13.1 Å². The molecule has 1 rings (SSSR count). The van der Waals surface area contributed by atoms with Crippen molar-refractivity contribution >= 4 is 10.0 Å². The molecule has 0 bridgehead atoms. The molecule has 0 radical (unpaired) electrons. The summed E-state index contributed by atoms with van der Waals surface area (Å²) in [6, 6.07) is 6.98. The predicted molar refractivity (Wildman–Crippen MR) is 73.9 cm³/mol. The van der Waals surface area contributed by atoms with E-state index in [4.69, 9.17) is 0 Å². The lowest BCUT2D eigenvalue weighted by Crippen LogP contribution is -2.42. The Labute approximate surface area is 110 Å². The second-order valence-corrected chi connectivity index (χ2v) is 6.70. The van der Waals surface area contributed by atoms with Crippen molar-refractivity contribution in [2.75, 3.05) is 7.05 Å². The average Bonchev–Trinajstić information content (AvgIpc) is 2.29. The molecule has 0 aliphatic carbocycles. The number of benzene rings is 1. The van der Waals surface area contributed by atoms with E-state index in [0.29, 0.717) is 11.4 Å². The van der Waals surface area contributed by atoms with Crippen LogP contribution in [0.5, 0.6) is 0 Å². The normalized spacial score (nSPS) is 12.7. The first-order valence-electron chi connectivity index (χ1n) is 6.08. The molecule has 0 aromatic heterocycles. The van der Waals surface area contributed by atoms with Gasteiger partial charge in [0.05, 0.1) is 4.90 Å². The third-order valence-corrected chi connectivity index (χ3v) is 4.58. The second kappa shape index (κ2) is 5.82. The highest BCUT2D eigenvalue weighted by Crippen LogP contribution is 2.16. The van der Waals surface area contributed by atoms with Crippen LogP contribution in [0.4, 0.5) is 0 Å². The minimum Gasteiger partial charge on any atom is -0.316 e. The van der Waals surface area contributed by atoms with Gasteiger partial charge in [-0.3, -0.25) is 0 Å². The Bertz CT molecular complexity index is 495. The van der Waals surface area contributed by atoms with Crippen molar-refractivity contribution in [3.63, 3.8) is 0 Å². The Morgan fingerprint density at radius 1 is 1.28 bits per heavy atom. The van der Waals surface area contributed by atoms with E-state index in [9.17, 15) is 8.42 Å². The number of hydrogen-bond donors (Lipinski definition) is 2. The molecule has 1 aromatic rings. The summed E-state index contributed by atoms with van der Waals surface area (Å²) in [6.07, 6.45) is 0.739. The third-order valence-electron chi connectivity index (χ3n) is 2.88. The van der Waals surface area contributed by atoms with E-state index in [2.05, 4.69) is 10.0 Å². The summed E-state index contributed by atoms with van der Waals surface area (Å²) in [5.74, 6) is 0. The summed E-state index contributed by atoms with van der Waals surface area (Å²) in [5, 5.41) is 3.01. The van der Waals surface area contributed by atoms with Gasteiger partial charge < -0.3 is 5.32 Å². The number of hydrogen-bond acceptors (Lipinski definition) is 3. The van der Waals surface area contributed by atoms with Gasteiger partial charge in [0.2, 0.25) is 10.0 Å². The molecule has 0 saturated carbocycles. The molecule has 5 heteroatoms. The lowest BCUT2D eigenvalue weighted by Gasteiger charge is -2.24. The lowest BCUT2D eigenvalue weighted by molar-refractivity contribution is 0.439. The van der Waals surface area contributed by atoms with Crippen molar-refractivity contribution in [2.45, 2.75) is 44.2 Å². The molecule has 0 spiro atoms. The first-order chi connectivity index (χ1) is 8.30. The molecule has 1 aromatic carbocycles. The van der Waals surface area contributed by atoms with E-state index < -0.39 is 15.6 Å². The molecule has 18 heavy (non-hydrogen) atoms. The van der Waals surface area contributed by atoms with Crippen molar-refractivity contribution in [1.82, 2.24) is 10.0 Å². The highest BCUT2D eigenvalue weighted by Gasteiger charge is 2.24. The molecule has 0 amide bonds. The summed E-state index contributed by atoms with van der Waals surface area (Å²) < 4.78 is 27.2. The monoisotopic (exact) mass is 270 g/mol. The largest absolute Gasteiger partial charge is 0.316 e. The molecule has 0 unspecified atom stereocenters. The fraction of sp³-hybridized carbons (Fsp3) is 0.538. The molecule has 2 N–H and O–H groups in total. The minimum atomic E-state index is -3.45. The highest BCUT2D eigenvalue weighted by atomic mass is 32.2. The molecule has 0 aliphatic rings. The van der Waals surface area contributed by atoms with Gasteiger partial charge in [-0.2, -0.15) is 0 Å². The standard InChI is InChI=1S/C13H22N2O2S/c1-5-13(2,3)15-18(16,17)12-8-6-7-11(9-12)10-14-4/h6-9,14-15H,5,10H2,1-4H3. The number of rotatable bonds is 6. The zero-order chi connectivity index (χ0) is 13.8. The molecular weight excluding hydrogens is 248 g/mol. The predicted octanol–water partition coefficient (Wildman–Crippen LogP) is 1.87. The van der Waals surface area contributed by atoms with Crippen molar-refractivity contribution < 1.29 is 8.42 Å². The molecule has 102 valence electrons. The maximum absolute atomic E-state index is 12.2. The first kappa shape index (κ1) is 15.1. The molecule has 0 aliphatic heterocycles. The van der Waals surface area contributed by atoms with Gasteiger partial charge in [0.25, 0.3) is 0 Å². The van der Waals surface area contributed by atoms with Crippen molar-refractivity contribution in [3.8, 4) is 0 Å². The maximum Gasteiger partial charge on any atom is 0.241 e. The van der Waals surface area contributed by atoms with Crippen molar-refractivity contribution in [3.05, 3.63) is 29.8 Å². The molecule has 0 atom stereocenters. The second-order valence-electron chi connectivity index (χ2n) is 5.02. The van der Waals surface area contributed by atoms with Crippen LogP contribution in [-0.4, -0.2) is 21.0 Å². The lowest BCUT2D eigenvalue weighted by atomic mass is 10.0. The van der Waals surface area contributed by atoms with Crippen LogP contribution in [0.25, 0.3) is 0 Å². The van der Waals surface area contributed by atoms with Crippen LogP contribution in [0.2, 0.25) is 0 Å². The van der Waals surface area contributed by atoms with E-state index in [-0.39, 0.29) is 0 Å². The van der Waals surface area contributed by atoms with Crippen molar-refractivity contribution in [1.29, 1.82) is 0 Å². The first-order valence-corrected chi connectivity index (χ1v) is 7.56. The van der Waals surface area contributed by atoms with Gasteiger partial charge in [0, 0.05) is 12.1 Å². The summed E-state index contributed by atoms with van der Waals surface area (Å²) in [5.41, 5.74) is 0.521. The molecule has 0 saturated heterocycles. The van der Waals surface area contributed by atoms with E-state index in [1.807, 2.05) is 33.9 Å². The summed E-state index contributed by atoms with van der Waals surface area (Å²) in [7, 11) is -1.62. The van der Waals surface area contributed by atoms with Crippen LogP contribution in [-0.2, 0) is 16.6 Å². The Hall–Kier alpha value is -0.910. The Balaban J connectivity index is 3.01. The molecule has 0 fully saturated rings. The minimum absolute atomic E-state index is 0.316. The van der Waals surface area contributed by atoms with Gasteiger partial charge in [-0.15, -0.1) is 0 Å². The Kier molecular flexibility index (Phi) is 4.90.